The molecule has 0 heterocycles. The highest BCUT2D eigenvalue weighted by molar-refractivity contribution is 6.35. The highest BCUT2D eigenvalue weighted by Gasteiger charge is 2.19. The van der Waals surface area contributed by atoms with E-state index in [0.29, 0.717) is 5.02 Å². The summed E-state index contributed by atoms with van der Waals surface area (Å²) in [6.45, 7) is 5.62. The van der Waals surface area contributed by atoms with Crippen LogP contribution in [0.5, 0.6) is 0 Å². The van der Waals surface area contributed by atoms with Gasteiger partial charge in [0.25, 0.3) is 0 Å². The number of hydrogen-bond donors (Lipinski definition) is 1. The van der Waals surface area contributed by atoms with Gasteiger partial charge in [-0.1, -0.05) is 49.0 Å². The van der Waals surface area contributed by atoms with Crippen LogP contribution in [0.3, 0.4) is 0 Å². The smallest absolute Gasteiger partial charge is 0.0468 e. The molecule has 0 spiro atoms. The molecule has 2 rings (SSSR count). The zero-order chi connectivity index (χ0) is 13.8. The van der Waals surface area contributed by atoms with Crippen molar-refractivity contribution >= 4 is 23.2 Å². The maximum absolute atomic E-state index is 6.24. The Hall–Kier alpha value is -0.240. The topological polar surface area (TPSA) is 12.0 Å². The summed E-state index contributed by atoms with van der Waals surface area (Å²) in [5.41, 5.74) is 1.13. The van der Waals surface area contributed by atoms with Crippen molar-refractivity contribution in [1.82, 2.24) is 5.32 Å². The van der Waals surface area contributed by atoms with Gasteiger partial charge in [-0.3, -0.25) is 0 Å². The molecule has 1 N–H and O–H groups in total. The van der Waals surface area contributed by atoms with Crippen molar-refractivity contribution in [3.8, 4) is 0 Å². The molecule has 1 aromatic rings. The van der Waals surface area contributed by atoms with Crippen LogP contribution in [0.2, 0.25) is 10.0 Å². The van der Waals surface area contributed by atoms with Gasteiger partial charge in [0, 0.05) is 16.1 Å². The van der Waals surface area contributed by atoms with Crippen molar-refractivity contribution in [1.29, 1.82) is 0 Å². The van der Waals surface area contributed by atoms with Crippen molar-refractivity contribution < 1.29 is 0 Å². The van der Waals surface area contributed by atoms with Crippen LogP contribution in [0.25, 0.3) is 0 Å². The number of benzene rings is 1. The van der Waals surface area contributed by atoms with E-state index in [2.05, 4.69) is 19.2 Å². The van der Waals surface area contributed by atoms with E-state index in [1.165, 1.54) is 25.7 Å². The molecule has 1 fully saturated rings. The quantitative estimate of drug-likeness (QED) is 0.777. The molecular formula is C16H23Cl2N. The van der Waals surface area contributed by atoms with Crippen LogP contribution >= 0.6 is 23.2 Å². The Bertz CT molecular complexity index is 419. The third-order valence-corrected chi connectivity index (χ3v) is 4.75. The molecule has 0 aromatic heterocycles. The van der Waals surface area contributed by atoms with Gasteiger partial charge in [0.15, 0.2) is 0 Å². The van der Waals surface area contributed by atoms with Gasteiger partial charge in [-0.2, -0.15) is 0 Å². The molecule has 19 heavy (non-hydrogen) atoms. The lowest BCUT2D eigenvalue weighted by Crippen LogP contribution is -2.28. The minimum atomic E-state index is 0.280. The number of hydrogen-bond acceptors (Lipinski definition) is 1. The van der Waals surface area contributed by atoms with E-state index >= 15 is 0 Å². The second-order valence-electron chi connectivity index (χ2n) is 5.93. The van der Waals surface area contributed by atoms with E-state index in [0.717, 1.165) is 29.0 Å². The number of halogens is 2. The Balaban J connectivity index is 1.88. The second kappa shape index (κ2) is 6.97. The van der Waals surface area contributed by atoms with Crippen molar-refractivity contribution in [2.75, 3.05) is 6.54 Å². The first-order chi connectivity index (χ1) is 9.06. The van der Waals surface area contributed by atoms with Crippen LogP contribution < -0.4 is 5.32 Å². The zero-order valence-corrected chi connectivity index (χ0v) is 13.3. The molecule has 3 unspecified atom stereocenters. The SMILES string of the molecule is CC1CCCC(CNC(C)c2ccc(Cl)cc2Cl)C1. The normalized spacial score (nSPS) is 25.3. The molecular weight excluding hydrogens is 277 g/mol. The van der Waals surface area contributed by atoms with Crippen molar-refractivity contribution in [3.63, 3.8) is 0 Å². The Labute approximate surface area is 126 Å². The lowest BCUT2D eigenvalue weighted by atomic mass is 9.82. The van der Waals surface area contributed by atoms with E-state index in [1.54, 1.807) is 0 Å². The van der Waals surface area contributed by atoms with Gasteiger partial charge in [0.2, 0.25) is 0 Å². The monoisotopic (exact) mass is 299 g/mol. The maximum Gasteiger partial charge on any atom is 0.0468 e. The fourth-order valence-electron chi connectivity index (χ4n) is 3.05. The number of rotatable bonds is 4. The van der Waals surface area contributed by atoms with Crippen LogP contribution in [0.15, 0.2) is 18.2 Å². The molecule has 1 nitrogen and oxygen atoms in total. The molecule has 0 bridgehead atoms. The summed E-state index contributed by atoms with van der Waals surface area (Å²) in [5, 5.41) is 5.07. The van der Waals surface area contributed by atoms with Crippen molar-refractivity contribution in [3.05, 3.63) is 33.8 Å². The Kier molecular flexibility index (Phi) is 5.56. The van der Waals surface area contributed by atoms with Gasteiger partial charge in [0.05, 0.1) is 0 Å². The minimum absolute atomic E-state index is 0.280. The molecule has 0 saturated heterocycles. The van der Waals surface area contributed by atoms with Crippen LogP contribution in [0.4, 0.5) is 0 Å². The first-order valence-electron chi connectivity index (χ1n) is 7.24. The minimum Gasteiger partial charge on any atom is -0.310 e. The predicted octanol–water partition coefficient (Wildman–Crippen LogP) is 5.47. The highest BCUT2D eigenvalue weighted by Crippen LogP contribution is 2.30. The van der Waals surface area contributed by atoms with E-state index < -0.39 is 0 Å². The summed E-state index contributed by atoms with van der Waals surface area (Å²) in [6, 6.07) is 6.02. The fraction of sp³-hybridized carbons (Fsp3) is 0.625. The highest BCUT2D eigenvalue weighted by atomic mass is 35.5. The molecule has 1 aromatic carbocycles. The summed E-state index contributed by atoms with van der Waals surface area (Å²) in [7, 11) is 0. The predicted molar refractivity (Wildman–Crippen MR) is 84.0 cm³/mol. The van der Waals surface area contributed by atoms with Crippen LogP contribution in [-0.4, -0.2) is 6.54 Å². The summed E-state index contributed by atoms with van der Waals surface area (Å²) in [5.74, 6) is 1.70. The van der Waals surface area contributed by atoms with Crippen LogP contribution in [-0.2, 0) is 0 Å². The van der Waals surface area contributed by atoms with E-state index in [9.17, 15) is 0 Å². The molecule has 1 aliphatic rings. The molecule has 3 atom stereocenters. The third-order valence-electron chi connectivity index (χ3n) is 4.19. The molecule has 3 heteroatoms. The van der Waals surface area contributed by atoms with Gasteiger partial charge in [-0.25, -0.2) is 0 Å². The Morgan fingerprint density at radius 3 is 2.79 bits per heavy atom. The largest absolute Gasteiger partial charge is 0.310 e. The maximum atomic E-state index is 6.24. The Morgan fingerprint density at radius 1 is 1.32 bits per heavy atom. The van der Waals surface area contributed by atoms with Gasteiger partial charge in [-0.15, -0.1) is 0 Å². The van der Waals surface area contributed by atoms with Gasteiger partial charge in [0.1, 0.15) is 0 Å². The summed E-state index contributed by atoms with van der Waals surface area (Å²) in [4.78, 5) is 0. The van der Waals surface area contributed by atoms with Gasteiger partial charge in [-0.05, 0) is 55.8 Å². The second-order valence-corrected chi connectivity index (χ2v) is 6.78. The first kappa shape index (κ1) is 15.2. The zero-order valence-electron chi connectivity index (χ0n) is 11.8. The molecule has 1 aliphatic carbocycles. The van der Waals surface area contributed by atoms with Crippen LogP contribution in [0.1, 0.15) is 51.1 Å². The lowest BCUT2D eigenvalue weighted by Gasteiger charge is -2.28. The van der Waals surface area contributed by atoms with Gasteiger partial charge >= 0.3 is 0 Å². The molecule has 1 saturated carbocycles. The molecule has 106 valence electrons. The van der Waals surface area contributed by atoms with E-state index in [-0.39, 0.29) is 6.04 Å². The fourth-order valence-corrected chi connectivity index (χ4v) is 3.62. The van der Waals surface area contributed by atoms with Gasteiger partial charge < -0.3 is 5.32 Å². The van der Waals surface area contributed by atoms with Crippen molar-refractivity contribution in [2.24, 2.45) is 11.8 Å². The van der Waals surface area contributed by atoms with Crippen LogP contribution in [0, 0.1) is 11.8 Å². The molecule has 0 aliphatic heterocycles. The molecule has 0 radical (unpaired) electrons. The average Bonchev–Trinajstić information content (AvgIpc) is 2.36. The number of nitrogens with one attached hydrogen (secondary N) is 1. The molecule has 0 amide bonds. The third kappa shape index (κ3) is 4.37. The van der Waals surface area contributed by atoms with E-state index in [1.807, 2.05) is 18.2 Å². The van der Waals surface area contributed by atoms with Crippen molar-refractivity contribution in [2.45, 2.75) is 45.6 Å². The van der Waals surface area contributed by atoms with E-state index in [4.69, 9.17) is 23.2 Å². The standard InChI is InChI=1S/C16H23Cl2N/c1-11-4-3-5-13(8-11)10-19-12(2)15-7-6-14(17)9-16(15)18/h6-7,9,11-13,19H,3-5,8,10H2,1-2H3. The summed E-state index contributed by atoms with van der Waals surface area (Å²) < 4.78 is 0. The average molecular weight is 300 g/mol. The first-order valence-corrected chi connectivity index (χ1v) is 8.00. The summed E-state index contributed by atoms with van der Waals surface area (Å²) >= 11 is 12.2. The summed E-state index contributed by atoms with van der Waals surface area (Å²) in [6.07, 6.45) is 5.49. The lowest BCUT2D eigenvalue weighted by molar-refractivity contribution is 0.268. The Morgan fingerprint density at radius 2 is 2.11 bits per heavy atom.